The topological polar surface area (TPSA) is 82.4 Å². The molecule has 0 unspecified atom stereocenters. The number of hydrogen-bond donors (Lipinski definition) is 1. The van der Waals surface area contributed by atoms with Gasteiger partial charge in [0, 0.05) is 19.3 Å². The molecule has 0 spiro atoms. The smallest absolute Gasteiger partial charge is 0.217 e. The third-order valence-corrected chi connectivity index (χ3v) is 1.63. The number of carbonyl (C=O) groups is 2. The molecule has 1 heterocycles. The Bertz CT molecular complexity index is 302. The van der Waals surface area contributed by atoms with E-state index in [9.17, 15) is 14.7 Å². The number of aliphatic carboxylic acids is 1. The molecule has 1 aromatic rings. The van der Waals surface area contributed by atoms with Crippen molar-refractivity contribution in [1.29, 1.82) is 0 Å². The highest BCUT2D eigenvalue weighted by atomic mass is 16.4. The van der Waals surface area contributed by atoms with E-state index in [0.717, 1.165) is 0 Å². The van der Waals surface area contributed by atoms with Crippen LogP contribution in [0.15, 0.2) is 22.8 Å². The van der Waals surface area contributed by atoms with Gasteiger partial charge in [-0.2, -0.15) is 0 Å². The quantitative estimate of drug-likeness (QED) is 0.710. The molecule has 1 aromatic heterocycles. The number of amides is 1. The van der Waals surface area contributed by atoms with E-state index >= 15 is 0 Å². The molecule has 5 heteroatoms. The van der Waals surface area contributed by atoms with Crippen molar-refractivity contribution >= 4 is 11.9 Å². The van der Waals surface area contributed by atoms with Crippen molar-refractivity contribution in [2.75, 3.05) is 0 Å². The fraction of sp³-hybridized carbons (Fsp3) is 0.333. The first-order valence-corrected chi connectivity index (χ1v) is 4.10. The standard InChI is InChI=1S/C9H11NO4/c1-6(11)10-7(5-9(12)13)8-3-2-4-14-8/h2-4,7H,5H2,1H3,(H,10,11)(H,12,13)/p-1/t7-/m0/s1. The van der Waals surface area contributed by atoms with E-state index in [1.165, 1.54) is 13.2 Å². The van der Waals surface area contributed by atoms with Crippen LogP contribution in [0.4, 0.5) is 0 Å². The molecule has 0 aliphatic heterocycles. The van der Waals surface area contributed by atoms with Crippen LogP contribution in [0.25, 0.3) is 0 Å². The van der Waals surface area contributed by atoms with Crippen LogP contribution in [-0.4, -0.2) is 11.9 Å². The van der Waals surface area contributed by atoms with Gasteiger partial charge in [-0.05, 0) is 12.1 Å². The molecule has 0 fully saturated rings. The van der Waals surface area contributed by atoms with Gasteiger partial charge in [-0.1, -0.05) is 0 Å². The molecule has 0 aromatic carbocycles. The molecule has 1 amide bonds. The van der Waals surface area contributed by atoms with Gasteiger partial charge in [0.1, 0.15) is 5.76 Å². The predicted octanol–water partition coefficient (Wildman–Crippen LogP) is -0.403. The number of nitrogens with one attached hydrogen (secondary N) is 1. The van der Waals surface area contributed by atoms with Crippen LogP contribution in [0.5, 0.6) is 0 Å². The van der Waals surface area contributed by atoms with E-state index in [4.69, 9.17) is 4.42 Å². The van der Waals surface area contributed by atoms with E-state index in [1.54, 1.807) is 12.1 Å². The molecule has 0 saturated heterocycles. The first-order chi connectivity index (χ1) is 6.59. The maximum Gasteiger partial charge on any atom is 0.217 e. The largest absolute Gasteiger partial charge is 0.550 e. The van der Waals surface area contributed by atoms with Gasteiger partial charge in [0.15, 0.2) is 0 Å². The lowest BCUT2D eigenvalue weighted by atomic mass is 10.1. The monoisotopic (exact) mass is 196 g/mol. The summed E-state index contributed by atoms with van der Waals surface area (Å²) in [6.07, 6.45) is 1.12. The third kappa shape index (κ3) is 2.93. The Labute approximate surface area is 80.7 Å². The van der Waals surface area contributed by atoms with Gasteiger partial charge in [-0.15, -0.1) is 0 Å². The molecule has 0 bridgehead atoms. The second-order valence-electron chi connectivity index (χ2n) is 2.84. The van der Waals surface area contributed by atoms with Crippen LogP contribution in [0.3, 0.4) is 0 Å². The minimum Gasteiger partial charge on any atom is -0.550 e. The number of carboxylic acids is 1. The minimum absolute atomic E-state index is 0.299. The predicted molar refractivity (Wildman–Crippen MR) is 44.9 cm³/mol. The van der Waals surface area contributed by atoms with Crippen molar-refractivity contribution in [3.63, 3.8) is 0 Å². The summed E-state index contributed by atoms with van der Waals surface area (Å²) >= 11 is 0. The van der Waals surface area contributed by atoms with Crippen LogP contribution in [-0.2, 0) is 9.59 Å². The normalized spacial score (nSPS) is 12.1. The average Bonchev–Trinajstić information content (AvgIpc) is 2.52. The molecule has 1 N–H and O–H groups in total. The summed E-state index contributed by atoms with van der Waals surface area (Å²) in [7, 11) is 0. The molecule has 0 aliphatic rings. The zero-order valence-corrected chi connectivity index (χ0v) is 7.65. The highest BCUT2D eigenvalue weighted by molar-refractivity contribution is 5.74. The van der Waals surface area contributed by atoms with Crippen molar-refractivity contribution < 1.29 is 19.1 Å². The molecular formula is C9H10NO4-. The van der Waals surface area contributed by atoms with Gasteiger partial charge in [-0.3, -0.25) is 4.79 Å². The third-order valence-electron chi connectivity index (χ3n) is 1.63. The summed E-state index contributed by atoms with van der Waals surface area (Å²) in [5, 5.41) is 12.8. The van der Waals surface area contributed by atoms with E-state index in [-0.39, 0.29) is 12.3 Å². The van der Waals surface area contributed by atoms with Gasteiger partial charge >= 0.3 is 0 Å². The molecule has 1 rings (SSSR count). The average molecular weight is 196 g/mol. The van der Waals surface area contributed by atoms with Gasteiger partial charge < -0.3 is 19.6 Å². The lowest BCUT2D eigenvalue weighted by Gasteiger charge is -2.15. The van der Waals surface area contributed by atoms with Crippen molar-refractivity contribution in [3.8, 4) is 0 Å². The van der Waals surface area contributed by atoms with Crippen molar-refractivity contribution in [2.24, 2.45) is 0 Å². The van der Waals surface area contributed by atoms with Crippen molar-refractivity contribution in [1.82, 2.24) is 5.32 Å². The summed E-state index contributed by atoms with van der Waals surface area (Å²) in [5.74, 6) is -1.14. The lowest BCUT2D eigenvalue weighted by molar-refractivity contribution is -0.306. The Balaban J connectivity index is 2.71. The SMILES string of the molecule is CC(=O)N[C@@H](CC(=O)[O-])c1ccco1. The van der Waals surface area contributed by atoms with Gasteiger partial charge in [0.05, 0.1) is 12.3 Å². The summed E-state index contributed by atoms with van der Waals surface area (Å²) in [5.41, 5.74) is 0. The Kier molecular flexibility index (Phi) is 3.28. The second kappa shape index (κ2) is 4.45. The van der Waals surface area contributed by atoms with E-state index in [0.29, 0.717) is 5.76 Å². The Hall–Kier alpha value is -1.78. The Morgan fingerprint density at radius 2 is 2.36 bits per heavy atom. The molecule has 76 valence electrons. The highest BCUT2D eigenvalue weighted by Gasteiger charge is 2.15. The fourth-order valence-electron chi connectivity index (χ4n) is 1.12. The van der Waals surface area contributed by atoms with Crippen LogP contribution < -0.4 is 10.4 Å². The van der Waals surface area contributed by atoms with Crippen LogP contribution in [0.2, 0.25) is 0 Å². The lowest BCUT2D eigenvalue weighted by Crippen LogP contribution is -2.32. The number of carbonyl (C=O) groups excluding carboxylic acids is 2. The zero-order chi connectivity index (χ0) is 10.6. The first-order valence-electron chi connectivity index (χ1n) is 4.10. The van der Waals surface area contributed by atoms with Crippen LogP contribution in [0.1, 0.15) is 25.1 Å². The number of hydrogen-bond acceptors (Lipinski definition) is 4. The first kappa shape index (κ1) is 10.3. The van der Waals surface area contributed by atoms with Gasteiger partial charge in [0.2, 0.25) is 5.91 Å². The van der Waals surface area contributed by atoms with E-state index in [2.05, 4.69) is 5.32 Å². The van der Waals surface area contributed by atoms with Crippen molar-refractivity contribution in [2.45, 2.75) is 19.4 Å². The maximum absolute atomic E-state index is 10.8. The maximum atomic E-state index is 10.8. The van der Waals surface area contributed by atoms with E-state index < -0.39 is 12.0 Å². The zero-order valence-electron chi connectivity index (χ0n) is 7.65. The second-order valence-corrected chi connectivity index (χ2v) is 2.84. The molecule has 0 saturated carbocycles. The summed E-state index contributed by atoms with van der Waals surface area (Å²) in [6.45, 7) is 1.31. The van der Waals surface area contributed by atoms with Crippen LogP contribution in [0, 0.1) is 0 Å². The Morgan fingerprint density at radius 1 is 1.64 bits per heavy atom. The molecule has 1 atom stereocenters. The molecule has 5 nitrogen and oxygen atoms in total. The fourth-order valence-corrected chi connectivity index (χ4v) is 1.12. The molecule has 14 heavy (non-hydrogen) atoms. The van der Waals surface area contributed by atoms with Gasteiger partial charge in [-0.25, -0.2) is 0 Å². The number of carboxylic acid groups (broad SMARTS) is 1. The number of rotatable bonds is 4. The van der Waals surface area contributed by atoms with Gasteiger partial charge in [0.25, 0.3) is 0 Å². The highest BCUT2D eigenvalue weighted by Crippen LogP contribution is 2.16. The summed E-state index contributed by atoms with van der Waals surface area (Å²) in [6, 6.07) is 2.57. The van der Waals surface area contributed by atoms with Crippen LogP contribution >= 0.6 is 0 Å². The van der Waals surface area contributed by atoms with E-state index in [1.807, 2.05) is 0 Å². The Morgan fingerprint density at radius 3 is 2.79 bits per heavy atom. The van der Waals surface area contributed by atoms with Crippen molar-refractivity contribution in [3.05, 3.63) is 24.2 Å². The molecule has 0 radical (unpaired) electrons. The summed E-state index contributed by atoms with van der Waals surface area (Å²) in [4.78, 5) is 21.1. The summed E-state index contributed by atoms with van der Waals surface area (Å²) < 4.78 is 4.99. The minimum atomic E-state index is -1.24. The number of furan rings is 1. The molecular weight excluding hydrogens is 186 g/mol. The molecule has 0 aliphatic carbocycles.